The number of ether oxygens (including phenoxy) is 1. The first-order valence-electron chi connectivity index (χ1n) is 5.06. The summed E-state index contributed by atoms with van der Waals surface area (Å²) in [6.45, 7) is 1.46. The lowest BCUT2D eigenvalue weighted by atomic mass is 10.3. The first-order valence-corrected chi connectivity index (χ1v) is 5.06. The Bertz CT molecular complexity index is 494. The second-order valence-corrected chi connectivity index (χ2v) is 3.67. The number of hydrogen-bond acceptors (Lipinski definition) is 5. The van der Waals surface area contributed by atoms with Gasteiger partial charge >= 0.3 is 5.97 Å². The fraction of sp³-hybridized carbons (Fsp3) is 0.400. The Labute approximate surface area is 103 Å². The van der Waals surface area contributed by atoms with E-state index in [0.29, 0.717) is 0 Å². The lowest BCUT2D eigenvalue weighted by Gasteiger charge is -2.11. The summed E-state index contributed by atoms with van der Waals surface area (Å²) in [7, 11) is 2.71. The van der Waals surface area contributed by atoms with E-state index in [1.54, 1.807) is 0 Å². The van der Waals surface area contributed by atoms with Gasteiger partial charge in [0.15, 0.2) is 0 Å². The van der Waals surface area contributed by atoms with Crippen LogP contribution in [-0.2, 0) is 16.6 Å². The number of aromatic nitrogens is 1. The van der Waals surface area contributed by atoms with E-state index in [2.05, 4.69) is 10.1 Å². The maximum absolute atomic E-state index is 11.8. The minimum absolute atomic E-state index is 0.0949. The second kappa shape index (κ2) is 5.30. The van der Waals surface area contributed by atoms with Crippen molar-refractivity contribution in [3.05, 3.63) is 28.1 Å². The van der Waals surface area contributed by atoms with Gasteiger partial charge in [-0.05, 0) is 6.92 Å². The molecule has 1 atom stereocenters. The number of nitro groups is 1. The highest BCUT2D eigenvalue weighted by atomic mass is 16.6. The number of carbonyl (C=O) groups is 2. The van der Waals surface area contributed by atoms with Crippen molar-refractivity contribution in [3.8, 4) is 0 Å². The second-order valence-electron chi connectivity index (χ2n) is 3.67. The largest absolute Gasteiger partial charge is 0.467 e. The number of nitrogens with one attached hydrogen (secondary N) is 1. The summed E-state index contributed by atoms with van der Waals surface area (Å²) in [5.74, 6) is -1.17. The highest BCUT2D eigenvalue weighted by Crippen LogP contribution is 2.15. The Morgan fingerprint density at radius 3 is 2.61 bits per heavy atom. The molecule has 0 fully saturated rings. The lowest BCUT2D eigenvalue weighted by Crippen LogP contribution is -2.39. The van der Waals surface area contributed by atoms with Crippen molar-refractivity contribution in [1.82, 2.24) is 9.88 Å². The standard InChI is InChI=1S/C10H13N3O5/c1-6(10(15)18-3)11-9(14)8-4-7(13(16)17)5-12(8)2/h4-6H,1-3H3,(H,11,14). The van der Waals surface area contributed by atoms with Crippen LogP contribution in [0.3, 0.4) is 0 Å². The number of hydrogen-bond donors (Lipinski definition) is 1. The lowest BCUT2D eigenvalue weighted by molar-refractivity contribution is -0.384. The van der Waals surface area contributed by atoms with Gasteiger partial charge < -0.3 is 14.6 Å². The molecule has 1 aromatic rings. The zero-order chi connectivity index (χ0) is 13.9. The average molecular weight is 255 g/mol. The third-order valence-corrected chi connectivity index (χ3v) is 2.34. The molecular formula is C10H13N3O5. The molecule has 1 unspecified atom stereocenters. The van der Waals surface area contributed by atoms with Crippen molar-refractivity contribution in [1.29, 1.82) is 0 Å². The minimum Gasteiger partial charge on any atom is -0.467 e. The minimum atomic E-state index is -0.823. The van der Waals surface area contributed by atoms with Gasteiger partial charge in [-0.15, -0.1) is 0 Å². The molecule has 0 radical (unpaired) electrons. The van der Waals surface area contributed by atoms with E-state index in [1.807, 2.05) is 0 Å². The molecule has 0 saturated heterocycles. The Balaban J connectivity index is 2.85. The number of amides is 1. The molecule has 1 aromatic heterocycles. The molecule has 18 heavy (non-hydrogen) atoms. The van der Waals surface area contributed by atoms with Crippen LogP contribution >= 0.6 is 0 Å². The van der Waals surface area contributed by atoms with Crippen molar-refractivity contribution in [2.45, 2.75) is 13.0 Å². The number of methoxy groups -OCH3 is 1. The highest BCUT2D eigenvalue weighted by Gasteiger charge is 2.21. The van der Waals surface area contributed by atoms with Crippen LogP contribution in [0.2, 0.25) is 0 Å². The maximum Gasteiger partial charge on any atom is 0.328 e. The van der Waals surface area contributed by atoms with Gasteiger partial charge in [-0.2, -0.15) is 0 Å². The highest BCUT2D eigenvalue weighted by molar-refractivity contribution is 5.96. The molecular weight excluding hydrogens is 242 g/mol. The first kappa shape index (κ1) is 13.7. The molecule has 0 saturated carbocycles. The summed E-state index contributed by atoms with van der Waals surface area (Å²) in [5.41, 5.74) is -0.0918. The van der Waals surface area contributed by atoms with Crippen LogP contribution in [0.15, 0.2) is 12.3 Å². The Kier molecular flexibility index (Phi) is 4.03. The average Bonchev–Trinajstić information content (AvgIpc) is 2.70. The smallest absolute Gasteiger partial charge is 0.328 e. The van der Waals surface area contributed by atoms with E-state index in [4.69, 9.17) is 0 Å². The first-order chi connectivity index (χ1) is 8.36. The third kappa shape index (κ3) is 2.84. The molecule has 0 spiro atoms. The monoisotopic (exact) mass is 255 g/mol. The molecule has 98 valence electrons. The third-order valence-electron chi connectivity index (χ3n) is 2.34. The van der Waals surface area contributed by atoms with Crippen molar-refractivity contribution in [2.75, 3.05) is 7.11 Å². The molecule has 0 bridgehead atoms. The quantitative estimate of drug-likeness (QED) is 0.471. The molecule has 1 amide bonds. The summed E-state index contributed by atoms with van der Waals surface area (Å²) in [6.07, 6.45) is 1.22. The van der Waals surface area contributed by atoms with E-state index < -0.39 is 22.8 Å². The van der Waals surface area contributed by atoms with Gasteiger partial charge in [-0.1, -0.05) is 0 Å². The van der Waals surface area contributed by atoms with Gasteiger partial charge in [0.05, 0.1) is 18.2 Å². The topological polar surface area (TPSA) is 103 Å². The Morgan fingerprint density at radius 1 is 1.56 bits per heavy atom. The van der Waals surface area contributed by atoms with Gasteiger partial charge in [0.25, 0.3) is 11.6 Å². The van der Waals surface area contributed by atoms with E-state index in [-0.39, 0.29) is 11.4 Å². The van der Waals surface area contributed by atoms with Gasteiger partial charge in [-0.3, -0.25) is 14.9 Å². The van der Waals surface area contributed by atoms with Crippen molar-refractivity contribution < 1.29 is 19.2 Å². The van der Waals surface area contributed by atoms with Gasteiger partial charge in [0, 0.05) is 13.1 Å². The van der Waals surface area contributed by atoms with Crippen LogP contribution in [0.5, 0.6) is 0 Å². The van der Waals surface area contributed by atoms with Gasteiger partial charge in [0.1, 0.15) is 11.7 Å². The molecule has 1 heterocycles. The predicted molar refractivity (Wildman–Crippen MR) is 61.0 cm³/mol. The van der Waals surface area contributed by atoms with E-state index in [1.165, 1.54) is 31.8 Å². The Morgan fingerprint density at radius 2 is 2.17 bits per heavy atom. The summed E-state index contributed by atoms with van der Waals surface area (Å²) in [5, 5.41) is 12.9. The molecule has 0 aliphatic heterocycles. The molecule has 1 rings (SSSR count). The molecule has 0 aliphatic rings. The molecule has 1 N–H and O–H groups in total. The SMILES string of the molecule is COC(=O)C(C)NC(=O)c1cc([N+](=O)[O-])cn1C. The van der Waals surface area contributed by atoms with E-state index >= 15 is 0 Å². The zero-order valence-corrected chi connectivity index (χ0v) is 10.2. The molecule has 0 aromatic carbocycles. The fourth-order valence-corrected chi connectivity index (χ4v) is 1.38. The summed E-state index contributed by atoms with van der Waals surface area (Å²) >= 11 is 0. The maximum atomic E-state index is 11.8. The fourth-order valence-electron chi connectivity index (χ4n) is 1.38. The van der Waals surface area contributed by atoms with Gasteiger partial charge in [-0.25, -0.2) is 4.79 Å². The van der Waals surface area contributed by atoms with Crippen molar-refractivity contribution >= 4 is 17.6 Å². The van der Waals surface area contributed by atoms with E-state index in [9.17, 15) is 19.7 Å². The summed E-state index contributed by atoms with van der Waals surface area (Å²) < 4.78 is 5.77. The number of nitrogens with zero attached hydrogens (tertiary/aromatic N) is 2. The van der Waals surface area contributed by atoms with Crippen molar-refractivity contribution in [2.24, 2.45) is 7.05 Å². The van der Waals surface area contributed by atoms with Crippen LogP contribution in [0, 0.1) is 10.1 Å². The van der Waals surface area contributed by atoms with Crippen LogP contribution < -0.4 is 5.32 Å². The number of carbonyl (C=O) groups excluding carboxylic acids is 2. The summed E-state index contributed by atoms with van der Waals surface area (Å²) in [4.78, 5) is 32.9. The Hall–Kier alpha value is -2.38. The normalized spacial score (nSPS) is 11.7. The van der Waals surface area contributed by atoms with Crippen LogP contribution in [0.4, 0.5) is 5.69 Å². The van der Waals surface area contributed by atoms with Crippen LogP contribution in [0.25, 0.3) is 0 Å². The van der Waals surface area contributed by atoms with Crippen molar-refractivity contribution in [3.63, 3.8) is 0 Å². The summed E-state index contributed by atoms with van der Waals surface area (Å²) in [6, 6.07) is 0.316. The number of rotatable bonds is 4. The van der Waals surface area contributed by atoms with Crippen LogP contribution in [0.1, 0.15) is 17.4 Å². The van der Waals surface area contributed by atoms with Gasteiger partial charge in [0.2, 0.25) is 0 Å². The molecule has 0 aliphatic carbocycles. The predicted octanol–water partition coefficient (Wildman–Crippen LogP) is 0.225. The molecule has 8 nitrogen and oxygen atoms in total. The number of esters is 1. The zero-order valence-electron chi connectivity index (χ0n) is 10.2. The van der Waals surface area contributed by atoms with E-state index in [0.717, 1.165) is 6.07 Å². The van der Waals surface area contributed by atoms with Crippen LogP contribution in [-0.4, -0.2) is 34.5 Å². The number of aryl methyl sites for hydroxylation is 1. The molecule has 8 heteroatoms.